The molecule has 1 amide bonds. The number of nitrogens with one attached hydrogen (secondary N) is 1. The standard InChI is InChI=1S/C20H19N3O5/c1-12-15(11-21-23(12)13-7-5-4-6-8-13)19(24)22-16-10-18(28-3)17(27-2)9-14(16)20(25)26/h4-11H,1-3H3,(H,22,24)(H,25,26). The van der Waals surface area contributed by atoms with Crippen LogP contribution in [0.4, 0.5) is 5.69 Å². The molecular weight excluding hydrogens is 362 g/mol. The van der Waals surface area contributed by atoms with Gasteiger partial charge in [-0.05, 0) is 19.1 Å². The molecule has 0 saturated carbocycles. The van der Waals surface area contributed by atoms with Crippen LogP contribution in [0.25, 0.3) is 5.69 Å². The number of carboxylic acids is 1. The van der Waals surface area contributed by atoms with Crippen LogP contribution in [-0.4, -0.2) is 41.0 Å². The average Bonchev–Trinajstić information content (AvgIpc) is 3.09. The normalized spacial score (nSPS) is 10.4. The molecule has 3 rings (SSSR count). The number of anilines is 1. The molecule has 0 spiro atoms. The maximum absolute atomic E-state index is 12.8. The molecule has 28 heavy (non-hydrogen) atoms. The largest absolute Gasteiger partial charge is 0.493 e. The zero-order chi connectivity index (χ0) is 20.3. The van der Waals surface area contributed by atoms with E-state index in [1.807, 2.05) is 30.3 Å². The number of aromatic carboxylic acids is 1. The van der Waals surface area contributed by atoms with E-state index in [0.717, 1.165) is 5.69 Å². The topological polar surface area (TPSA) is 103 Å². The number of hydrogen-bond acceptors (Lipinski definition) is 5. The summed E-state index contributed by atoms with van der Waals surface area (Å²) in [5.41, 5.74) is 1.76. The van der Waals surface area contributed by atoms with Crippen LogP contribution in [0.3, 0.4) is 0 Å². The van der Waals surface area contributed by atoms with Gasteiger partial charge < -0.3 is 19.9 Å². The third-order valence-corrected chi connectivity index (χ3v) is 4.26. The summed E-state index contributed by atoms with van der Waals surface area (Å²) in [5.74, 6) is -1.12. The highest BCUT2D eigenvalue weighted by molar-refractivity contribution is 6.08. The molecule has 0 fully saturated rings. The number of methoxy groups -OCH3 is 2. The van der Waals surface area contributed by atoms with Crippen LogP contribution in [-0.2, 0) is 0 Å². The Morgan fingerprint density at radius 2 is 1.68 bits per heavy atom. The molecule has 0 aliphatic carbocycles. The van der Waals surface area contributed by atoms with Crippen molar-refractivity contribution in [2.45, 2.75) is 6.92 Å². The third-order valence-electron chi connectivity index (χ3n) is 4.26. The van der Waals surface area contributed by atoms with Gasteiger partial charge in [0.05, 0.1) is 48.6 Å². The van der Waals surface area contributed by atoms with Gasteiger partial charge in [0.1, 0.15) is 0 Å². The predicted octanol–water partition coefficient (Wildman–Crippen LogP) is 3.15. The number of carbonyl (C=O) groups excluding carboxylic acids is 1. The lowest BCUT2D eigenvalue weighted by Gasteiger charge is -2.13. The Morgan fingerprint density at radius 3 is 2.29 bits per heavy atom. The molecule has 0 aliphatic heterocycles. The minimum Gasteiger partial charge on any atom is -0.493 e. The molecule has 0 unspecified atom stereocenters. The lowest BCUT2D eigenvalue weighted by atomic mass is 10.1. The lowest BCUT2D eigenvalue weighted by molar-refractivity contribution is 0.0697. The maximum atomic E-state index is 12.8. The highest BCUT2D eigenvalue weighted by atomic mass is 16.5. The molecule has 2 N–H and O–H groups in total. The third kappa shape index (κ3) is 3.52. The van der Waals surface area contributed by atoms with Crippen LogP contribution >= 0.6 is 0 Å². The number of hydrogen-bond donors (Lipinski definition) is 2. The van der Waals surface area contributed by atoms with Crippen LogP contribution in [0.15, 0.2) is 48.7 Å². The van der Waals surface area contributed by atoms with Crippen molar-refractivity contribution in [3.05, 3.63) is 65.5 Å². The summed E-state index contributed by atoms with van der Waals surface area (Å²) in [7, 11) is 2.83. The van der Waals surface area contributed by atoms with Crippen LogP contribution in [0, 0.1) is 6.92 Å². The monoisotopic (exact) mass is 381 g/mol. The quantitative estimate of drug-likeness (QED) is 0.680. The van der Waals surface area contributed by atoms with Crippen LogP contribution in [0.5, 0.6) is 11.5 Å². The lowest BCUT2D eigenvalue weighted by Crippen LogP contribution is -2.16. The van der Waals surface area contributed by atoms with E-state index in [2.05, 4.69) is 10.4 Å². The van der Waals surface area contributed by atoms with Gasteiger partial charge >= 0.3 is 5.97 Å². The maximum Gasteiger partial charge on any atom is 0.337 e. The van der Waals surface area contributed by atoms with Gasteiger partial charge in [0.25, 0.3) is 5.91 Å². The molecule has 1 aromatic heterocycles. The smallest absolute Gasteiger partial charge is 0.337 e. The van der Waals surface area contributed by atoms with Crippen LogP contribution in [0.2, 0.25) is 0 Å². The van der Waals surface area contributed by atoms with E-state index < -0.39 is 11.9 Å². The number of benzene rings is 2. The Kier molecular flexibility index (Phi) is 5.30. The molecular formula is C20H19N3O5. The molecule has 2 aromatic carbocycles. The first-order chi connectivity index (χ1) is 13.5. The molecule has 0 bridgehead atoms. The van der Waals surface area contributed by atoms with Crippen molar-refractivity contribution in [3.8, 4) is 17.2 Å². The number of carbonyl (C=O) groups is 2. The number of rotatable bonds is 6. The van der Waals surface area contributed by atoms with Gasteiger partial charge in [-0.15, -0.1) is 0 Å². The number of amides is 1. The number of carboxylic acid groups (broad SMARTS) is 1. The Morgan fingerprint density at radius 1 is 1.04 bits per heavy atom. The van der Waals surface area contributed by atoms with E-state index in [0.29, 0.717) is 17.0 Å². The fourth-order valence-electron chi connectivity index (χ4n) is 2.81. The second kappa shape index (κ2) is 7.83. The summed E-state index contributed by atoms with van der Waals surface area (Å²) in [6.07, 6.45) is 1.44. The zero-order valence-corrected chi connectivity index (χ0v) is 15.6. The Labute approximate surface area is 161 Å². The molecule has 3 aromatic rings. The van der Waals surface area contributed by atoms with E-state index >= 15 is 0 Å². The number of para-hydroxylation sites is 1. The molecule has 0 aliphatic rings. The minimum atomic E-state index is -1.20. The Hall–Kier alpha value is -3.81. The van der Waals surface area contributed by atoms with E-state index in [1.165, 1.54) is 32.5 Å². The summed E-state index contributed by atoms with van der Waals surface area (Å²) in [5, 5.41) is 16.4. The van der Waals surface area contributed by atoms with Gasteiger partial charge in [0.15, 0.2) is 11.5 Å². The first kappa shape index (κ1) is 19.0. The molecule has 1 heterocycles. The van der Waals surface area contributed by atoms with Crippen molar-refractivity contribution in [1.29, 1.82) is 0 Å². The molecule has 0 atom stereocenters. The molecule has 144 valence electrons. The summed E-state index contributed by atoms with van der Waals surface area (Å²) >= 11 is 0. The second-order valence-electron chi connectivity index (χ2n) is 5.90. The van der Waals surface area contributed by atoms with Crippen LogP contribution in [0.1, 0.15) is 26.4 Å². The highest BCUT2D eigenvalue weighted by Crippen LogP contribution is 2.33. The Balaban J connectivity index is 1.96. The van der Waals surface area contributed by atoms with Gasteiger partial charge in [0.2, 0.25) is 0 Å². The van der Waals surface area contributed by atoms with Crippen molar-refractivity contribution in [2.24, 2.45) is 0 Å². The van der Waals surface area contributed by atoms with Gasteiger partial charge in [-0.3, -0.25) is 4.79 Å². The van der Waals surface area contributed by atoms with Gasteiger partial charge in [-0.1, -0.05) is 18.2 Å². The molecule has 0 radical (unpaired) electrons. The number of ether oxygens (including phenoxy) is 2. The summed E-state index contributed by atoms with van der Waals surface area (Å²) in [4.78, 5) is 24.4. The van der Waals surface area contributed by atoms with E-state index in [-0.39, 0.29) is 17.0 Å². The number of nitrogens with zero attached hydrogens (tertiary/aromatic N) is 2. The van der Waals surface area contributed by atoms with Gasteiger partial charge in [-0.2, -0.15) is 5.10 Å². The molecule has 8 heteroatoms. The number of aromatic nitrogens is 2. The fraction of sp³-hybridized carbons (Fsp3) is 0.150. The molecule has 8 nitrogen and oxygen atoms in total. The average molecular weight is 381 g/mol. The van der Waals surface area contributed by atoms with Crippen molar-refractivity contribution in [3.63, 3.8) is 0 Å². The molecule has 0 saturated heterocycles. The van der Waals surface area contributed by atoms with E-state index in [9.17, 15) is 14.7 Å². The van der Waals surface area contributed by atoms with Crippen molar-refractivity contribution < 1.29 is 24.2 Å². The minimum absolute atomic E-state index is 0.0991. The SMILES string of the molecule is COc1cc(NC(=O)c2cnn(-c3ccccc3)c2C)c(C(=O)O)cc1OC. The van der Waals surface area contributed by atoms with E-state index in [4.69, 9.17) is 9.47 Å². The summed E-state index contributed by atoms with van der Waals surface area (Å²) in [6, 6.07) is 12.1. The van der Waals surface area contributed by atoms with Gasteiger partial charge in [-0.25, -0.2) is 9.48 Å². The van der Waals surface area contributed by atoms with Crippen molar-refractivity contribution in [1.82, 2.24) is 9.78 Å². The first-order valence-electron chi connectivity index (χ1n) is 8.37. The fourth-order valence-corrected chi connectivity index (χ4v) is 2.81. The summed E-state index contributed by atoms with van der Waals surface area (Å²) < 4.78 is 12.0. The Bertz CT molecular complexity index is 1030. The van der Waals surface area contributed by atoms with Crippen molar-refractivity contribution >= 4 is 17.6 Å². The summed E-state index contributed by atoms with van der Waals surface area (Å²) in [6.45, 7) is 1.77. The zero-order valence-electron chi connectivity index (χ0n) is 15.6. The van der Waals surface area contributed by atoms with Gasteiger partial charge in [0, 0.05) is 12.1 Å². The van der Waals surface area contributed by atoms with Crippen molar-refractivity contribution in [2.75, 3.05) is 19.5 Å². The van der Waals surface area contributed by atoms with Crippen LogP contribution < -0.4 is 14.8 Å². The first-order valence-corrected chi connectivity index (χ1v) is 8.37. The predicted molar refractivity (Wildman–Crippen MR) is 103 cm³/mol. The second-order valence-corrected chi connectivity index (χ2v) is 5.90. The van der Waals surface area contributed by atoms with E-state index in [1.54, 1.807) is 11.6 Å². The highest BCUT2D eigenvalue weighted by Gasteiger charge is 2.21.